The van der Waals surface area contributed by atoms with Gasteiger partial charge < -0.3 is 20.3 Å². The first-order valence-electron chi connectivity index (χ1n) is 9.28. The molecule has 1 aromatic heterocycles. The summed E-state index contributed by atoms with van der Waals surface area (Å²) in [7, 11) is 5.26. The molecule has 1 fully saturated rings. The van der Waals surface area contributed by atoms with Crippen molar-refractivity contribution in [2.75, 3.05) is 47.4 Å². The fraction of sp³-hybridized carbons (Fsp3) is 0.684. The quantitative estimate of drug-likeness (QED) is 0.290. The number of halogens is 1. The summed E-state index contributed by atoms with van der Waals surface area (Å²) in [5.74, 6) is 0.725. The highest BCUT2D eigenvalue weighted by atomic mass is 127. The van der Waals surface area contributed by atoms with Gasteiger partial charge in [-0.15, -0.1) is 35.3 Å². The van der Waals surface area contributed by atoms with Gasteiger partial charge in [-0.05, 0) is 42.5 Å². The topological polar surface area (TPSA) is 66.0 Å². The zero-order chi connectivity index (χ0) is 18.8. The maximum absolute atomic E-state index is 11.9. The van der Waals surface area contributed by atoms with E-state index in [0.717, 1.165) is 38.5 Å². The molecule has 2 rings (SSSR count). The molecule has 0 saturated heterocycles. The minimum absolute atomic E-state index is 0. The summed E-state index contributed by atoms with van der Waals surface area (Å²) in [6.07, 6.45) is 5.75. The van der Waals surface area contributed by atoms with Crippen LogP contribution in [0.15, 0.2) is 22.5 Å². The van der Waals surface area contributed by atoms with Crippen LogP contribution in [0.25, 0.3) is 0 Å². The van der Waals surface area contributed by atoms with Crippen molar-refractivity contribution in [3.05, 3.63) is 22.4 Å². The molecule has 2 N–H and O–H groups in total. The van der Waals surface area contributed by atoms with E-state index in [1.807, 2.05) is 0 Å². The van der Waals surface area contributed by atoms with E-state index in [-0.39, 0.29) is 36.4 Å². The van der Waals surface area contributed by atoms with Crippen LogP contribution in [0.1, 0.15) is 30.6 Å². The maximum Gasteiger partial charge on any atom is 0.243 e. The molecule has 0 bridgehead atoms. The Hall–Kier alpha value is -0.870. The van der Waals surface area contributed by atoms with Crippen LogP contribution in [0, 0.1) is 5.41 Å². The second kappa shape index (κ2) is 12.6. The molecule has 8 heteroatoms. The lowest BCUT2D eigenvalue weighted by molar-refractivity contribution is -0.127. The monoisotopic (exact) mass is 508 g/mol. The summed E-state index contributed by atoms with van der Waals surface area (Å²) in [5, 5.41) is 8.93. The van der Waals surface area contributed by atoms with Crippen molar-refractivity contribution in [2.45, 2.75) is 32.1 Å². The van der Waals surface area contributed by atoms with Crippen LogP contribution in [0.4, 0.5) is 0 Å². The number of amides is 1. The average Bonchev–Trinajstić information content (AvgIpc) is 3.10. The lowest BCUT2D eigenvalue weighted by Crippen LogP contribution is -2.47. The van der Waals surface area contributed by atoms with Crippen LogP contribution >= 0.6 is 35.3 Å². The van der Waals surface area contributed by atoms with Gasteiger partial charge in [0.2, 0.25) is 5.91 Å². The lowest BCUT2D eigenvalue weighted by Gasteiger charge is -2.42. The van der Waals surface area contributed by atoms with E-state index in [0.29, 0.717) is 5.41 Å². The molecule has 1 aromatic rings. The molecule has 0 aromatic carbocycles. The molecule has 1 aliphatic carbocycles. The smallest absolute Gasteiger partial charge is 0.243 e. The number of aliphatic imine (C=N–C) groups is 1. The molecule has 0 radical (unpaired) electrons. The highest BCUT2D eigenvalue weighted by Gasteiger charge is 2.36. The van der Waals surface area contributed by atoms with Gasteiger partial charge in [0.25, 0.3) is 0 Å². The molecule has 0 atom stereocenters. The van der Waals surface area contributed by atoms with Crippen molar-refractivity contribution in [3.8, 4) is 0 Å². The van der Waals surface area contributed by atoms with Gasteiger partial charge in [-0.2, -0.15) is 0 Å². The Balaban J connectivity index is 0.00000364. The number of hydrogen-bond donors (Lipinski definition) is 2. The normalized spacial score (nSPS) is 15.4. The molecule has 1 aliphatic rings. The fourth-order valence-corrected chi connectivity index (χ4v) is 3.71. The van der Waals surface area contributed by atoms with Crippen LogP contribution in [0.5, 0.6) is 0 Å². The minimum atomic E-state index is 0. The molecule has 0 spiro atoms. The van der Waals surface area contributed by atoms with E-state index in [1.165, 1.54) is 24.1 Å². The van der Waals surface area contributed by atoms with Crippen LogP contribution in [-0.4, -0.2) is 64.2 Å². The van der Waals surface area contributed by atoms with Crippen molar-refractivity contribution in [1.82, 2.24) is 15.5 Å². The van der Waals surface area contributed by atoms with Crippen LogP contribution in [-0.2, 0) is 16.0 Å². The molecule has 1 heterocycles. The summed E-state index contributed by atoms with van der Waals surface area (Å²) in [6.45, 7) is 2.62. The van der Waals surface area contributed by atoms with Crippen molar-refractivity contribution in [2.24, 2.45) is 10.4 Å². The number of hydrogen-bond acceptors (Lipinski definition) is 4. The fourth-order valence-electron chi connectivity index (χ4n) is 3.00. The Morgan fingerprint density at radius 2 is 2.15 bits per heavy atom. The standard InChI is InChI=1S/C19H32N4O2S.HI/c1-23(2)17(24)14-21-18(20-11-7-16-6-4-13-26-16)22-15-19(8-5-9-19)10-12-25-3;/h4,6,13H,5,7-12,14-15H2,1-3H3,(H2,20,21,22);1H. The number of rotatable bonds is 10. The number of carbonyl (C=O) groups is 1. The van der Waals surface area contributed by atoms with Crippen LogP contribution in [0.3, 0.4) is 0 Å². The predicted molar refractivity (Wildman–Crippen MR) is 123 cm³/mol. The molecule has 154 valence electrons. The minimum Gasteiger partial charge on any atom is -0.385 e. The first-order valence-corrected chi connectivity index (χ1v) is 10.2. The van der Waals surface area contributed by atoms with E-state index < -0.39 is 0 Å². The van der Waals surface area contributed by atoms with Gasteiger partial charge in [0.1, 0.15) is 6.54 Å². The average molecular weight is 508 g/mol. The van der Waals surface area contributed by atoms with Gasteiger partial charge in [-0.25, -0.2) is 4.99 Å². The zero-order valence-electron chi connectivity index (χ0n) is 16.6. The van der Waals surface area contributed by atoms with Crippen LogP contribution < -0.4 is 10.6 Å². The number of methoxy groups -OCH3 is 1. The molecule has 1 amide bonds. The molecule has 27 heavy (non-hydrogen) atoms. The maximum atomic E-state index is 11.9. The van der Waals surface area contributed by atoms with E-state index in [1.54, 1.807) is 37.4 Å². The largest absolute Gasteiger partial charge is 0.385 e. The number of carbonyl (C=O) groups excluding carboxylic acids is 1. The third-order valence-electron chi connectivity index (χ3n) is 5.00. The highest BCUT2D eigenvalue weighted by Crippen LogP contribution is 2.43. The van der Waals surface area contributed by atoms with E-state index in [2.05, 4.69) is 33.1 Å². The Kier molecular flexibility index (Phi) is 11.2. The number of nitrogens with zero attached hydrogens (tertiary/aromatic N) is 2. The van der Waals surface area contributed by atoms with Crippen molar-refractivity contribution in [3.63, 3.8) is 0 Å². The van der Waals surface area contributed by atoms with Crippen LogP contribution in [0.2, 0.25) is 0 Å². The summed E-state index contributed by atoms with van der Waals surface area (Å²) < 4.78 is 5.27. The number of thiophene rings is 1. The Bertz CT molecular complexity index is 574. The first-order chi connectivity index (χ1) is 12.5. The van der Waals surface area contributed by atoms with Gasteiger partial charge in [-0.3, -0.25) is 4.79 Å². The molecule has 6 nitrogen and oxygen atoms in total. The molecule has 0 aliphatic heterocycles. The molecule has 0 unspecified atom stereocenters. The summed E-state index contributed by atoms with van der Waals surface area (Å²) in [5.41, 5.74) is 0.303. The number of guanidine groups is 1. The highest BCUT2D eigenvalue weighted by molar-refractivity contribution is 14.0. The Labute approximate surface area is 184 Å². The number of likely N-dealkylation sites (N-methyl/N-ethyl adjacent to an activating group) is 1. The summed E-state index contributed by atoms with van der Waals surface area (Å²) in [4.78, 5) is 19.3. The van der Waals surface area contributed by atoms with Gasteiger partial charge in [0.15, 0.2) is 5.96 Å². The number of ether oxygens (including phenoxy) is 1. The van der Waals surface area contributed by atoms with Crippen molar-refractivity contribution < 1.29 is 9.53 Å². The predicted octanol–water partition coefficient (Wildman–Crippen LogP) is 2.74. The van der Waals surface area contributed by atoms with E-state index in [4.69, 9.17) is 4.74 Å². The molecular weight excluding hydrogens is 475 g/mol. The van der Waals surface area contributed by atoms with Crippen molar-refractivity contribution >= 4 is 47.2 Å². The van der Waals surface area contributed by atoms with E-state index >= 15 is 0 Å². The van der Waals surface area contributed by atoms with Gasteiger partial charge in [-0.1, -0.05) is 12.5 Å². The SMILES string of the molecule is COCCC1(CNC(=NCC(=O)N(C)C)NCCc2cccs2)CCC1.I. The van der Waals surface area contributed by atoms with E-state index in [9.17, 15) is 4.79 Å². The zero-order valence-corrected chi connectivity index (χ0v) is 19.8. The second-order valence-electron chi connectivity index (χ2n) is 7.16. The Morgan fingerprint density at radius 3 is 2.70 bits per heavy atom. The number of nitrogens with one attached hydrogen (secondary N) is 2. The second-order valence-corrected chi connectivity index (χ2v) is 8.19. The van der Waals surface area contributed by atoms with Gasteiger partial charge in [0.05, 0.1) is 0 Å². The third kappa shape index (κ3) is 8.35. The van der Waals surface area contributed by atoms with Gasteiger partial charge >= 0.3 is 0 Å². The summed E-state index contributed by atoms with van der Waals surface area (Å²) >= 11 is 1.76. The van der Waals surface area contributed by atoms with Crippen molar-refractivity contribution in [1.29, 1.82) is 0 Å². The first kappa shape index (κ1) is 24.2. The summed E-state index contributed by atoms with van der Waals surface area (Å²) in [6, 6.07) is 4.21. The molecule has 1 saturated carbocycles. The lowest BCUT2D eigenvalue weighted by atomic mass is 9.67. The third-order valence-corrected chi connectivity index (χ3v) is 5.93. The molecular formula is C19H33IN4O2S. The van der Waals surface area contributed by atoms with Gasteiger partial charge in [0, 0.05) is 45.8 Å². The Morgan fingerprint density at radius 1 is 1.37 bits per heavy atom.